The number of aliphatic hydroxyl groups is 1. The molecule has 1 fully saturated rings. The van der Waals surface area contributed by atoms with Crippen LogP contribution in [-0.4, -0.2) is 31.0 Å². The van der Waals surface area contributed by atoms with Gasteiger partial charge in [0, 0.05) is 19.6 Å². The molecule has 3 heteroatoms. The molecule has 88 valence electrons. The molecule has 0 radical (unpaired) electrons. The Labute approximate surface area is 96.0 Å². The Bertz CT molecular complexity index is 293. The second-order valence-electron chi connectivity index (χ2n) is 4.07. The highest BCUT2D eigenvalue weighted by Gasteiger charge is 2.16. The van der Waals surface area contributed by atoms with Gasteiger partial charge in [-0.3, -0.25) is 0 Å². The zero-order valence-electron chi connectivity index (χ0n) is 9.34. The molecule has 16 heavy (non-hydrogen) atoms. The second kappa shape index (κ2) is 5.99. The standard InChI is InChI=1S/C13H18O3/c14-13(11-4-2-1-3-5-11)7-9-16-12-6-8-15-10-12/h1-5,12-14H,6-10H2. The van der Waals surface area contributed by atoms with E-state index in [-0.39, 0.29) is 6.10 Å². The Balaban J connectivity index is 1.69. The molecule has 0 aromatic heterocycles. The first kappa shape index (κ1) is 11.6. The van der Waals surface area contributed by atoms with Gasteiger partial charge in [0.1, 0.15) is 0 Å². The maximum absolute atomic E-state index is 9.88. The lowest BCUT2D eigenvalue weighted by Crippen LogP contribution is -2.14. The molecule has 1 aliphatic heterocycles. The van der Waals surface area contributed by atoms with Gasteiger partial charge in [-0.05, 0) is 12.0 Å². The fraction of sp³-hybridized carbons (Fsp3) is 0.538. The van der Waals surface area contributed by atoms with Crippen molar-refractivity contribution in [2.24, 2.45) is 0 Å². The number of hydrogen-bond acceptors (Lipinski definition) is 3. The molecule has 3 nitrogen and oxygen atoms in total. The summed E-state index contributed by atoms with van der Waals surface area (Å²) in [7, 11) is 0. The minimum atomic E-state index is -0.427. The molecule has 1 aromatic carbocycles. The summed E-state index contributed by atoms with van der Waals surface area (Å²) in [6.07, 6.45) is 1.41. The summed E-state index contributed by atoms with van der Waals surface area (Å²) >= 11 is 0. The van der Waals surface area contributed by atoms with Crippen LogP contribution < -0.4 is 0 Å². The summed E-state index contributed by atoms with van der Waals surface area (Å²) < 4.78 is 10.8. The molecule has 0 amide bonds. The molecule has 1 saturated heterocycles. The summed E-state index contributed by atoms with van der Waals surface area (Å²) in [6, 6.07) is 9.68. The van der Waals surface area contributed by atoms with E-state index in [1.807, 2.05) is 30.3 Å². The van der Waals surface area contributed by atoms with E-state index < -0.39 is 6.10 Å². The monoisotopic (exact) mass is 222 g/mol. The van der Waals surface area contributed by atoms with Crippen LogP contribution in [0, 0.1) is 0 Å². The Hall–Kier alpha value is -0.900. The lowest BCUT2D eigenvalue weighted by Gasteiger charge is -2.13. The summed E-state index contributed by atoms with van der Waals surface area (Å²) in [6.45, 7) is 2.08. The van der Waals surface area contributed by atoms with Crippen LogP contribution in [0.15, 0.2) is 30.3 Å². The SMILES string of the molecule is OC(CCOC1CCOC1)c1ccccc1. The third-order valence-corrected chi connectivity index (χ3v) is 2.82. The Morgan fingerprint density at radius 1 is 1.38 bits per heavy atom. The van der Waals surface area contributed by atoms with Crippen molar-refractivity contribution in [3.63, 3.8) is 0 Å². The molecule has 0 aliphatic carbocycles. The van der Waals surface area contributed by atoms with Crippen molar-refractivity contribution >= 4 is 0 Å². The Morgan fingerprint density at radius 2 is 2.19 bits per heavy atom. The molecule has 0 saturated carbocycles. The second-order valence-corrected chi connectivity index (χ2v) is 4.07. The quantitative estimate of drug-likeness (QED) is 0.827. The van der Waals surface area contributed by atoms with Crippen molar-refractivity contribution in [1.29, 1.82) is 0 Å². The van der Waals surface area contributed by atoms with Crippen molar-refractivity contribution in [3.8, 4) is 0 Å². The van der Waals surface area contributed by atoms with Gasteiger partial charge in [0.25, 0.3) is 0 Å². The van der Waals surface area contributed by atoms with Gasteiger partial charge in [0.15, 0.2) is 0 Å². The van der Waals surface area contributed by atoms with Gasteiger partial charge in [-0.15, -0.1) is 0 Å². The predicted molar refractivity (Wildman–Crippen MR) is 61.2 cm³/mol. The fourth-order valence-corrected chi connectivity index (χ4v) is 1.83. The van der Waals surface area contributed by atoms with Crippen LogP contribution in [-0.2, 0) is 9.47 Å². The first-order chi connectivity index (χ1) is 7.86. The Kier molecular flexibility index (Phi) is 4.34. The average Bonchev–Trinajstić information content (AvgIpc) is 2.83. The predicted octanol–water partition coefficient (Wildman–Crippen LogP) is 1.92. The normalized spacial score (nSPS) is 22.2. The molecule has 1 aromatic rings. The number of hydrogen-bond donors (Lipinski definition) is 1. The topological polar surface area (TPSA) is 38.7 Å². The number of rotatable bonds is 5. The lowest BCUT2D eigenvalue weighted by molar-refractivity contribution is 0.0217. The van der Waals surface area contributed by atoms with E-state index in [9.17, 15) is 5.11 Å². The zero-order valence-corrected chi connectivity index (χ0v) is 9.34. The van der Waals surface area contributed by atoms with E-state index in [2.05, 4.69) is 0 Å². The van der Waals surface area contributed by atoms with Crippen LogP contribution in [0.1, 0.15) is 24.5 Å². The zero-order chi connectivity index (χ0) is 11.2. The first-order valence-electron chi connectivity index (χ1n) is 5.78. The average molecular weight is 222 g/mol. The first-order valence-corrected chi connectivity index (χ1v) is 5.78. The number of ether oxygens (including phenoxy) is 2. The highest BCUT2D eigenvalue weighted by atomic mass is 16.5. The fourth-order valence-electron chi connectivity index (χ4n) is 1.83. The molecule has 1 aliphatic rings. The van der Waals surface area contributed by atoms with E-state index in [1.165, 1.54) is 0 Å². The van der Waals surface area contributed by atoms with Crippen molar-refractivity contribution in [3.05, 3.63) is 35.9 Å². The molecule has 2 unspecified atom stereocenters. The summed E-state index contributed by atoms with van der Waals surface area (Å²) in [5.41, 5.74) is 0.953. The molecule has 2 atom stereocenters. The van der Waals surface area contributed by atoms with Gasteiger partial charge in [-0.25, -0.2) is 0 Å². The number of benzene rings is 1. The lowest BCUT2D eigenvalue weighted by atomic mass is 10.1. The van der Waals surface area contributed by atoms with Gasteiger partial charge < -0.3 is 14.6 Å². The smallest absolute Gasteiger partial charge is 0.0830 e. The summed E-state index contributed by atoms with van der Waals surface area (Å²) in [4.78, 5) is 0. The third-order valence-electron chi connectivity index (χ3n) is 2.82. The van der Waals surface area contributed by atoms with Gasteiger partial charge >= 0.3 is 0 Å². The van der Waals surface area contributed by atoms with Crippen LogP contribution in [0.2, 0.25) is 0 Å². The summed E-state index contributed by atoms with van der Waals surface area (Å²) in [5, 5.41) is 9.88. The molecule has 0 spiro atoms. The van der Waals surface area contributed by atoms with Crippen LogP contribution in [0.4, 0.5) is 0 Å². The van der Waals surface area contributed by atoms with Crippen LogP contribution in [0.3, 0.4) is 0 Å². The van der Waals surface area contributed by atoms with Crippen molar-refractivity contribution in [2.75, 3.05) is 19.8 Å². The van der Waals surface area contributed by atoms with E-state index in [1.54, 1.807) is 0 Å². The van der Waals surface area contributed by atoms with Crippen LogP contribution in [0.25, 0.3) is 0 Å². The highest BCUT2D eigenvalue weighted by molar-refractivity contribution is 5.16. The Morgan fingerprint density at radius 3 is 2.88 bits per heavy atom. The molecule has 1 N–H and O–H groups in total. The van der Waals surface area contributed by atoms with Crippen molar-refractivity contribution in [2.45, 2.75) is 25.0 Å². The maximum Gasteiger partial charge on any atom is 0.0830 e. The van der Waals surface area contributed by atoms with E-state index in [0.29, 0.717) is 19.6 Å². The van der Waals surface area contributed by atoms with E-state index in [0.717, 1.165) is 18.6 Å². The minimum absolute atomic E-state index is 0.225. The molecular weight excluding hydrogens is 204 g/mol. The van der Waals surface area contributed by atoms with Crippen molar-refractivity contribution < 1.29 is 14.6 Å². The van der Waals surface area contributed by atoms with Gasteiger partial charge in [-0.1, -0.05) is 30.3 Å². The largest absolute Gasteiger partial charge is 0.388 e. The minimum Gasteiger partial charge on any atom is -0.388 e. The van der Waals surface area contributed by atoms with Gasteiger partial charge in [0.05, 0.1) is 18.8 Å². The third kappa shape index (κ3) is 3.30. The number of aliphatic hydroxyl groups excluding tert-OH is 1. The molecular formula is C13H18O3. The van der Waals surface area contributed by atoms with Gasteiger partial charge in [0.2, 0.25) is 0 Å². The molecule has 0 bridgehead atoms. The summed E-state index contributed by atoms with van der Waals surface area (Å²) in [5.74, 6) is 0. The van der Waals surface area contributed by atoms with Crippen LogP contribution >= 0.6 is 0 Å². The molecule has 1 heterocycles. The van der Waals surface area contributed by atoms with Gasteiger partial charge in [-0.2, -0.15) is 0 Å². The van der Waals surface area contributed by atoms with E-state index >= 15 is 0 Å². The van der Waals surface area contributed by atoms with E-state index in [4.69, 9.17) is 9.47 Å². The maximum atomic E-state index is 9.88. The van der Waals surface area contributed by atoms with Crippen LogP contribution in [0.5, 0.6) is 0 Å². The molecule has 2 rings (SSSR count). The highest BCUT2D eigenvalue weighted by Crippen LogP contribution is 2.17. The van der Waals surface area contributed by atoms with Crippen molar-refractivity contribution in [1.82, 2.24) is 0 Å².